The van der Waals surface area contributed by atoms with E-state index in [9.17, 15) is 13.2 Å². The third-order valence-electron chi connectivity index (χ3n) is 3.90. The first-order valence-corrected chi connectivity index (χ1v) is 8.66. The molecule has 0 spiro atoms. The lowest BCUT2D eigenvalue weighted by Gasteiger charge is -2.12. The third kappa shape index (κ3) is 5.39. The van der Waals surface area contributed by atoms with E-state index in [-0.39, 0.29) is 11.7 Å². The van der Waals surface area contributed by atoms with Crippen LogP contribution in [0.5, 0.6) is 0 Å². The summed E-state index contributed by atoms with van der Waals surface area (Å²) in [6.07, 6.45) is -4.41. The molecule has 8 heteroatoms. The molecule has 28 heavy (non-hydrogen) atoms. The number of hydrogen-bond donors (Lipinski definition) is 0. The van der Waals surface area contributed by atoms with Gasteiger partial charge >= 0.3 is 6.18 Å². The van der Waals surface area contributed by atoms with Crippen LogP contribution in [0.25, 0.3) is 0 Å². The van der Waals surface area contributed by atoms with E-state index in [4.69, 9.17) is 21.8 Å². The number of methoxy groups -OCH3 is 1. The van der Waals surface area contributed by atoms with Crippen LogP contribution in [-0.4, -0.2) is 30.6 Å². The first-order valence-electron chi connectivity index (χ1n) is 8.25. The number of oxime groups is 1. The number of aliphatic imine (C=N–C) groups is 1. The van der Waals surface area contributed by atoms with Crippen molar-refractivity contribution in [3.05, 3.63) is 70.8 Å². The largest absolute Gasteiger partial charge is 0.485 e. The second kappa shape index (κ2) is 9.45. The highest BCUT2D eigenvalue weighted by atomic mass is 32.1. The summed E-state index contributed by atoms with van der Waals surface area (Å²) in [6.45, 7) is 1.68. The van der Waals surface area contributed by atoms with E-state index in [1.54, 1.807) is 20.0 Å². The van der Waals surface area contributed by atoms with Gasteiger partial charge < -0.3 is 9.57 Å². The zero-order chi connectivity index (χ0) is 20.7. The number of hydrogen-bond acceptors (Lipinski definition) is 5. The summed E-state index contributed by atoms with van der Waals surface area (Å²) in [6, 6.07) is 12.2. The van der Waals surface area contributed by atoms with Gasteiger partial charge in [-0.05, 0) is 36.8 Å². The summed E-state index contributed by atoms with van der Waals surface area (Å²) in [4.78, 5) is 9.54. The monoisotopic (exact) mass is 408 g/mol. The van der Waals surface area contributed by atoms with Crippen LogP contribution < -0.4 is 0 Å². The molecule has 2 aromatic carbocycles. The van der Waals surface area contributed by atoms with Crippen molar-refractivity contribution in [1.82, 2.24) is 0 Å². The molecule has 0 atom stereocenters. The topological polar surface area (TPSA) is 43.2 Å². The van der Waals surface area contributed by atoms with Crippen LogP contribution in [0, 0.1) is 0 Å². The Hall–Kier alpha value is -2.74. The van der Waals surface area contributed by atoms with Crippen molar-refractivity contribution in [1.29, 1.82) is 0 Å². The molecule has 4 nitrogen and oxygen atoms in total. The second-order valence-electron chi connectivity index (χ2n) is 5.75. The van der Waals surface area contributed by atoms with Gasteiger partial charge in [0.05, 0.1) is 18.4 Å². The lowest BCUT2D eigenvalue weighted by molar-refractivity contribution is -0.137. The molecule has 0 heterocycles. The number of ether oxygens (including phenoxy) is 1. The summed E-state index contributed by atoms with van der Waals surface area (Å²) in [5.41, 5.74) is 1.95. The minimum atomic E-state index is -4.41. The maximum atomic E-state index is 12.8. The van der Waals surface area contributed by atoms with Crippen molar-refractivity contribution in [2.24, 2.45) is 10.1 Å². The normalized spacial score (nSPS) is 12.6. The number of benzene rings is 2. The van der Waals surface area contributed by atoms with Crippen LogP contribution in [0.4, 0.5) is 13.2 Å². The van der Waals surface area contributed by atoms with Gasteiger partial charge in [-0.25, -0.2) is 0 Å². The van der Waals surface area contributed by atoms with Crippen molar-refractivity contribution in [3.63, 3.8) is 0 Å². The average molecular weight is 408 g/mol. The lowest BCUT2D eigenvalue weighted by atomic mass is 10.0. The van der Waals surface area contributed by atoms with Gasteiger partial charge in [0.2, 0.25) is 5.05 Å². The average Bonchev–Trinajstić information content (AvgIpc) is 2.68. The predicted octanol–water partition coefficient (Wildman–Crippen LogP) is 5.04. The van der Waals surface area contributed by atoms with Crippen molar-refractivity contribution < 1.29 is 22.7 Å². The molecule has 0 N–H and O–H groups in total. The molecule has 0 aliphatic heterocycles. The van der Waals surface area contributed by atoms with E-state index in [2.05, 4.69) is 10.1 Å². The molecular formula is C20H19F3N2O2S. The molecule has 0 unspecified atom stereocenters. The van der Waals surface area contributed by atoms with E-state index >= 15 is 0 Å². The quantitative estimate of drug-likeness (QED) is 0.382. The number of halogens is 3. The third-order valence-corrected chi connectivity index (χ3v) is 4.26. The Labute approximate surface area is 166 Å². The van der Waals surface area contributed by atoms with Crippen LogP contribution in [-0.2, 0) is 22.4 Å². The number of rotatable bonds is 6. The fourth-order valence-corrected chi connectivity index (χ4v) is 2.67. The molecule has 0 bridgehead atoms. The van der Waals surface area contributed by atoms with Crippen LogP contribution >= 0.6 is 12.2 Å². The number of nitrogens with zero attached hydrogens (tertiary/aromatic N) is 2. The lowest BCUT2D eigenvalue weighted by Crippen LogP contribution is -2.17. The minimum absolute atomic E-state index is 0.0951. The molecule has 0 aromatic heterocycles. The first-order chi connectivity index (χ1) is 13.3. The number of alkyl halides is 3. The van der Waals surface area contributed by atoms with Crippen molar-refractivity contribution in [2.45, 2.75) is 19.7 Å². The molecule has 2 aromatic rings. The second-order valence-corrected chi connectivity index (χ2v) is 6.12. The van der Waals surface area contributed by atoms with Crippen molar-refractivity contribution in [3.8, 4) is 0 Å². The smallest absolute Gasteiger partial charge is 0.416 e. The van der Waals surface area contributed by atoms with Gasteiger partial charge in [0.15, 0.2) is 0 Å². The van der Waals surface area contributed by atoms with Crippen LogP contribution in [0.1, 0.15) is 29.2 Å². The molecule has 0 fully saturated rings. The molecule has 0 amide bonds. The first kappa shape index (κ1) is 21.6. The molecular weight excluding hydrogens is 389 g/mol. The van der Waals surface area contributed by atoms with Crippen LogP contribution in [0.2, 0.25) is 0 Å². The molecule has 0 saturated heterocycles. The minimum Gasteiger partial charge on any atom is -0.485 e. The van der Waals surface area contributed by atoms with Gasteiger partial charge in [0.1, 0.15) is 12.3 Å². The SMILES string of the molecule is CN=C(C(=S)OC)c1ccccc1CON=C(C)c1cccc(C(F)(F)F)c1. The molecule has 0 aliphatic rings. The zero-order valence-corrected chi connectivity index (χ0v) is 16.4. The summed E-state index contributed by atoms with van der Waals surface area (Å²) >= 11 is 5.16. The zero-order valence-electron chi connectivity index (χ0n) is 15.6. The summed E-state index contributed by atoms with van der Waals surface area (Å²) in [7, 11) is 3.07. The van der Waals surface area contributed by atoms with Gasteiger partial charge in [-0.15, -0.1) is 0 Å². The highest BCUT2D eigenvalue weighted by Gasteiger charge is 2.30. The van der Waals surface area contributed by atoms with E-state index < -0.39 is 11.7 Å². The Morgan fingerprint density at radius 2 is 1.82 bits per heavy atom. The molecule has 0 aliphatic carbocycles. The predicted molar refractivity (Wildman–Crippen MR) is 107 cm³/mol. The molecule has 2 rings (SSSR count). The van der Waals surface area contributed by atoms with Gasteiger partial charge in [0.25, 0.3) is 0 Å². The van der Waals surface area contributed by atoms with E-state index in [1.807, 2.05) is 24.3 Å². The number of thiocarbonyl (C=S) groups is 1. The Balaban J connectivity index is 2.18. The molecule has 0 saturated carbocycles. The van der Waals surface area contributed by atoms with E-state index in [0.29, 0.717) is 17.0 Å². The van der Waals surface area contributed by atoms with E-state index in [0.717, 1.165) is 23.3 Å². The van der Waals surface area contributed by atoms with E-state index in [1.165, 1.54) is 13.2 Å². The van der Waals surface area contributed by atoms with Gasteiger partial charge in [-0.2, -0.15) is 13.2 Å². The standard InChI is InChI=1S/C20H19F3N2O2S/c1-13(14-8-6-9-16(11-14)20(21,22)23)25-27-12-15-7-4-5-10-17(15)18(24-2)19(28)26-3/h4-11H,12H2,1-3H3. The maximum Gasteiger partial charge on any atom is 0.416 e. The Morgan fingerprint density at radius 3 is 2.46 bits per heavy atom. The van der Waals surface area contributed by atoms with Crippen molar-refractivity contribution >= 4 is 28.7 Å². The fourth-order valence-electron chi connectivity index (χ4n) is 2.47. The van der Waals surface area contributed by atoms with Crippen LogP contribution in [0.3, 0.4) is 0 Å². The highest BCUT2D eigenvalue weighted by molar-refractivity contribution is 7.81. The summed E-state index contributed by atoms with van der Waals surface area (Å²) in [5.74, 6) is 0. The Kier molecular flexibility index (Phi) is 7.28. The van der Waals surface area contributed by atoms with Gasteiger partial charge in [-0.1, -0.05) is 41.6 Å². The maximum absolute atomic E-state index is 12.8. The summed E-state index contributed by atoms with van der Waals surface area (Å²) in [5, 5.41) is 4.20. The Morgan fingerprint density at radius 1 is 1.11 bits per heavy atom. The van der Waals surface area contributed by atoms with Gasteiger partial charge in [-0.3, -0.25) is 4.99 Å². The summed E-state index contributed by atoms with van der Waals surface area (Å²) < 4.78 is 43.6. The molecule has 0 radical (unpaired) electrons. The Bertz CT molecular complexity index is 908. The van der Waals surface area contributed by atoms with Crippen LogP contribution in [0.15, 0.2) is 58.7 Å². The molecule has 148 valence electrons. The fraction of sp³-hybridized carbons (Fsp3) is 0.250. The van der Waals surface area contributed by atoms with Gasteiger partial charge in [0, 0.05) is 18.2 Å². The van der Waals surface area contributed by atoms with Crippen molar-refractivity contribution in [2.75, 3.05) is 14.2 Å². The highest BCUT2D eigenvalue weighted by Crippen LogP contribution is 2.29.